The van der Waals surface area contributed by atoms with Crippen molar-refractivity contribution in [2.75, 3.05) is 36.5 Å². The first-order valence-corrected chi connectivity index (χ1v) is 8.81. The molecule has 134 valence electrons. The Balaban J connectivity index is 1.53. The lowest BCUT2D eigenvalue weighted by atomic mass is 10.2. The van der Waals surface area contributed by atoms with Crippen LogP contribution in [0.2, 0.25) is 0 Å². The Kier molecular flexibility index (Phi) is 4.53. The van der Waals surface area contributed by atoms with E-state index in [1.54, 1.807) is 12.3 Å². The van der Waals surface area contributed by atoms with Crippen LogP contribution in [-0.2, 0) is 11.3 Å². The van der Waals surface area contributed by atoms with E-state index in [1.807, 2.05) is 41.8 Å². The molecule has 1 N–H and O–H groups in total. The van der Waals surface area contributed by atoms with Crippen molar-refractivity contribution in [1.29, 1.82) is 0 Å². The number of amides is 1. The van der Waals surface area contributed by atoms with E-state index in [2.05, 4.69) is 20.2 Å². The van der Waals surface area contributed by atoms with E-state index in [0.29, 0.717) is 24.7 Å². The van der Waals surface area contributed by atoms with Crippen LogP contribution in [0, 0.1) is 0 Å². The average Bonchev–Trinajstić information content (AvgIpc) is 3.05. The third kappa shape index (κ3) is 3.13. The summed E-state index contributed by atoms with van der Waals surface area (Å²) < 4.78 is 7.34. The van der Waals surface area contributed by atoms with Crippen molar-refractivity contribution in [3.05, 3.63) is 48.2 Å². The fourth-order valence-corrected chi connectivity index (χ4v) is 3.16. The first kappa shape index (κ1) is 16.5. The van der Waals surface area contributed by atoms with Crippen molar-refractivity contribution in [3.63, 3.8) is 0 Å². The second kappa shape index (κ2) is 7.13. The first-order valence-electron chi connectivity index (χ1n) is 8.81. The molecule has 1 aliphatic heterocycles. The van der Waals surface area contributed by atoms with Crippen LogP contribution in [0.3, 0.4) is 0 Å². The minimum Gasteiger partial charge on any atom is -0.378 e. The normalized spacial score (nSPS) is 14.6. The van der Waals surface area contributed by atoms with Gasteiger partial charge in [0.25, 0.3) is 5.91 Å². The molecule has 0 bridgehead atoms. The number of nitrogens with zero attached hydrogens (tertiary/aromatic N) is 4. The Bertz CT molecular complexity index is 913. The molecule has 1 aromatic carbocycles. The summed E-state index contributed by atoms with van der Waals surface area (Å²) in [5, 5.41) is 2.91. The third-order valence-electron chi connectivity index (χ3n) is 4.54. The van der Waals surface area contributed by atoms with Crippen LogP contribution in [-0.4, -0.2) is 46.7 Å². The number of carbonyl (C=O) groups is 1. The molecule has 0 radical (unpaired) electrons. The number of nitrogens with one attached hydrogen (secondary N) is 1. The second-order valence-electron chi connectivity index (χ2n) is 6.13. The van der Waals surface area contributed by atoms with Gasteiger partial charge in [-0.1, -0.05) is 12.1 Å². The number of aryl methyl sites for hydroxylation is 1. The van der Waals surface area contributed by atoms with E-state index in [9.17, 15) is 4.79 Å². The molecule has 3 heterocycles. The van der Waals surface area contributed by atoms with Crippen LogP contribution in [0.5, 0.6) is 0 Å². The maximum Gasteiger partial charge on any atom is 0.259 e. The minimum absolute atomic E-state index is 0.212. The summed E-state index contributed by atoms with van der Waals surface area (Å²) in [7, 11) is 0. The lowest BCUT2D eigenvalue weighted by molar-refractivity contribution is 0.102. The molecular weight excluding hydrogens is 330 g/mol. The largest absolute Gasteiger partial charge is 0.378 e. The maximum absolute atomic E-state index is 12.6. The van der Waals surface area contributed by atoms with Crippen LogP contribution in [0.25, 0.3) is 11.0 Å². The number of aromatic nitrogens is 3. The van der Waals surface area contributed by atoms with Gasteiger partial charge in [0, 0.05) is 25.8 Å². The lowest BCUT2D eigenvalue weighted by Crippen LogP contribution is -2.36. The first-order chi connectivity index (χ1) is 12.8. The van der Waals surface area contributed by atoms with Gasteiger partial charge in [0.1, 0.15) is 5.82 Å². The van der Waals surface area contributed by atoms with E-state index in [4.69, 9.17) is 4.74 Å². The van der Waals surface area contributed by atoms with Crippen LogP contribution < -0.4 is 10.2 Å². The van der Waals surface area contributed by atoms with Gasteiger partial charge >= 0.3 is 0 Å². The number of pyridine rings is 1. The Morgan fingerprint density at radius 2 is 2.00 bits per heavy atom. The standard InChI is InChI=1S/C19H21N5O2/c1-2-24-16-6-4-3-5-15(16)21-19(24)22-18(25)14-7-8-17(20-13-14)23-9-11-26-12-10-23/h3-8,13H,2,9-12H2,1H3,(H,21,22,25). The van der Waals surface area contributed by atoms with Gasteiger partial charge in [0.05, 0.1) is 29.8 Å². The number of fused-ring (bicyclic) bond motifs is 1. The van der Waals surface area contributed by atoms with Gasteiger partial charge in [0.2, 0.25) is 5.95 Å². The third-order valence-corrected chi connectivity index (χ3v) is 4.54. The molecule has 0 saturated carbocycles. The van der Waals surface area contributed by atoms with Crippen LogP contribution in [0.4, 0.5) is 11.8 Å². The number of hydrogen-bond acceptors (Lipinski definition) is 5. The minimum atomic E-state index is -0.212. The number of benzene rings is 1. The van der Waals surface area contributed by atoms with E-state index >= 15 is 0 Å². The average molecular weight is 351 g/mol. The van der Waals surface area contributed by atoms with E-state index in [1.165, 1.54) is 0 Å². The molecule has 26 heavy (non-hydrogen) atoms. The molecule has 0 unspecified atom stereocenters. The fourth-order valence-electron chi connectivity index (χ4n) is 3.16. The number of hydrogen-bond donors (Lipinski definition) is 1. The number of ether oxygens (including phenoxy) is 1. The topological polar surface area (TPSA) is 72.3 Å². The van der Waals surface area contributed by atoms with E-state index in [0.717, 1.165) is 36.5 Å². The Hall–Kier alpha value is -2.93. The molecule has 4 rings (SSSR count). The fraction of sp³-hybridized carbons (Fsp3) is 0.316. The highest BCUT2D eigenvalue weighted by atomic mass is 16.5. The van der Waals surface area contributed by atoms with Gasteiger partial charge in [-0.3, -0.25) is 10.1 Å². The number of carbonyl (C=O) groups excluding carboxylic acids is 1. The highest BCUT2D eigenvalue weighted by molar-refractivity contribution is 6.04. The molecule has 1 aliphatic rings. The van der Waals surface area contributed by atoms with Crippen molar-refractivity contribution in [3.8, 4) is 0 Å². The van der Waals surface area contributed by atoms with Crippen molar-refractivity contribution >= 4 is 28.7 Å². The van der Waals surface area contributed by atoms with Gasteiger partial charge in [-0.05, 0) is 31.2 Å². The van der Waals surface area contributed by atoms with Crippen molar-refractivity contribution in [2.45, 2.75) is 13.5 Å². The predicted octanol–water partition coefficient (Wildman–Crippen LogP) is 2.54. The number of imidazole rings is 1. The molecule has 1 fully saturated rings. The number of para-hydroxylation sites is 2. The molecule has 7 heteroatoms. The van der Waals surface area contributed by atoms with Gasteiger partial charge < -0.3 is 14.2 Å². The molecule has 0 atom stereocenters. The van der Waals surface area contributed by atoms with Gasteiger partial charge in [-0.15, -0.1) is 0 Å². The van der Waals surface area contributed by atoms with Crippen LogP contribution in [0.15, 0.2) is 42.6 Å². The quantitative estimate of drug-likeness (QED) is 0.782. The molecule has 3 aromatic rings. The zero-order chi connectivity index (χ0) is 17.9. The molecule has 7 nitrogen and oxygen atoms in total. The summed E-state index contributed by atoms with van der Waals surface area (Å²) in [6.45, 7) is 5.80. The van der Waals surface area contributed by atoms with Crippen molar-refractivity contribution < 1.29 is 9.53 Å². The Labute approximate surface area is 151 Å². The number of morpholine rings is 1. The summed E-state index contributed by atoms with van der Waals surface area (Å²) in [5.74, 6) is 1.21. The zero-order valence-electron chi connectivity index (χ0n) is 14.7. The lowest BCUT2D eigenvalue weighted by Gasteiger charge is -2.27. The van der Waals surface area contributed by atoms with Crippen LogP contribution >= 0.6 is 0 Å². The summed E-state index contributed by atoms with van der Waals surface area (Å²) in [6.07, 6.45) is 1.61. The Morgan fingerprint density at radius 1 is 1.19 bits per heavy atom. The highest BCUT2D eigenvalue weighted by Crippen LogP contribution is 2.20. The predicted molar refractivity (Wildman–Crippen MR) is 101 cm³/mol. The maximum atomic E-state index is 12.6. The van der Waals surface area contributed by atoms with Gasteiger partial charge in [-0.2, -0.15) is 0 Å². The van der Waals surface area contributed by atoms with Crippen molar-refractivity contribution in [2.24, 2.45) is 0 Å². The number of rotatable bonds is 4. The molecule has 2 aromatic heterocycles. The molecular formula is C19H21N5O2. The zero-order valence-corrected chi connectivity index (χ0v) is 14.7. The van der Waals surface area contributed by atoms with E-state index < -0.39 is 0 Å². The van der Waals surface area contributed by atoms with Crippen LogP contribution in [0.1, 0.15) is 17.3 Å². The molecule has 0 aliphatic carbocycles. The smallest absolute Gasteiger partial charge is 0.259 e. The summed E-state index contributed by atoms with van der Waals surface area (Å²) in [5.41, 5.74) is 2.38. The summed E-state index contributed by atoms with van der Waals surface area (Å²) in [6, 6.07) is 11.5. The van der Waals surface area contributed by atoms with Gasteiger partial charge in [-0.25, -0.2) is 9.97 Å². The monoisotopic (exact) mass is 351 g/mol. The van der Waals surface area contributed by atoms with E-state index in [-0.39, 0.29) is 5.91 Å². The molecule has 0 spiro atoms. The SMILES string of the molecule is CCn1c(NC(=O)c2ccc(N3CCOCC3)nc2)nc2ccccc21. The van der Waals surface area contributed by atoms with Gasteiger partial charge in [0.15, 0.2) is 0 Å². The second-order valence-corrected chi connectivity index (χ2v) is 6.13. The highest BCUT2D eigenvalue weighted by Gasteiger charge is 2.16. The number of anilines is 2. The van der Waals surface area contributed by atoms with Crippen molar-refractivity contribution in [1.82, 2.24) is 14.5 Å². The summed E-state index contributed by atoms with van der Waals surface area (Å²) in [4.78, 5) is 23.7. The summed E-state index contributed by atoms with van der Waals surface area (Å²) >= 11 is 0. The molecule has 1 amide bonds. The molecule has 1 saturated heterocycles. The Morgan fingerprint density at radius 3 is 2.73 bits per heavy atom.